The summed E-state index contributed by atoms with van der Waals surface area (Å²) in [4.78, 5) is 37.0. The van der Waals surface area contributed by atoms with E-state index in [9.17, 15) is 14.4 Å². The van der Waals surface area contributed by atoms with E-state index in [4.69, 9.17) is 4.74 Å². The van der Waals surface area contributed by atoms with Gasteiger partial charge in [0.05, 0.1) is 12.5 Å². The van der Waals surface area contributed by atoms with E-state index in [0.29, 0.717) is 6.54 Å². The third kappa shape index (κ3) is 3.27. The van der Waals surface area contributed by atoms with Crippen molar-refractivity contribution in [2.75, 3.05) is 6.54 Å². The summed E-state index contributed by atoms with van der Waals surface area (Å²) in [5, 5.41) is 0. The van der Waals surface area contributed by atoms with Gasteiger partial charge in [0.2, 0.25) is 5.91 Å². The van der Waals surface area contributed by atoms with Crippen LogP contribution in [0.15, 0.2) is 0 Å². The van der Waals surface area contributed by atoms with Gasteiger partial charge in [-0.1, -0.05) is 0 Å². The van der Waals surface area contributed by atoms with Gasteiger partial charge in [-0.3, -0.25) is 14.4 Å². The standard InChI is InChI=1S/C16H23NO4/c1-10(18)14-3-2-6-17(14)15(19)4-5-16(20)21-13-8-11-7-12(11)9-13/h11-14H,2-9H2,1H3/t11-,12+,13?,14-/m0/s1. The highest BCUT2D eigenvalue weighted by Gasteiger charge is 2.47. The molecule has 0 aromatic heterocycles. The summed E-state index contributed by atoms with van der Waals surface area (Å²) in [5.74, 6) is 1.23. The SMILES string of the molecule is CC(=O)[C@@H]1CCCN1C(=O)CCC(=O)OC1C[C@@H]2C[C@@H]2C1. The van der Waals surface area contributed by atoms with Crippen molar-refractivity contribution in [3.8, 4) is 0 Å². The van der Waals surface area contributed by atoms with E-state index in [1.165, 1.54) is 13.3 Å². The molecular formula is C16H23NO4. The first-order valence-corrected chi connectivity index (χ1v) is 8.04. The maximum absolute atomic E-state index is 12.1. The third-order valence-corrected chi connectivity index (χ3v) is 5.08. The van der Waals surface area contributed by atoms with Crippen LogP contribution in [0.25, 0.3) is 0 Å². The number of amides is 1. The van der Waals surface area contributed by atoms with E-state index in [0.717, 1.165) is 37.5 Å². The molecule has 0 bridgehead atoms. The van der Waals surface area contributed by atoms with Crippen molar-refractivity contribution in [3.05, 3.63) is 0 Å². The van der Waals surface area contributed by atoms with Crippen molar-refractivity contribution in [1.82, 2.24) is 4.90 Å². The van der Waals surface area contributed by atoms with Crippen LogP contribution in [0.1, 0.15) is 51.9 Å². The first kappa shape index (κ1) is 14.5. The lowest BCUT2D eigenvalue weighted by Crippen LogP contribution is -2.39. The molecule has 4 atom stereocenters. The van der Waals surface area contributed by atoms with Gasteiger partial charge < -0.3 is 9.64 Å². The predicted octanol–water partition coefficient (Wildman–Crippen LogP) is 1.69. The molecule has 1 unspecified atom stereocenters. The molecule has 0 aromatic carbocycles. The Balaban J connectivity index is 1.40. The highest BCUT2D eigenvalue weighted by Crippen LogP contribution is 2.52. The normalized spacial score (nSPS) is 33.7. The zero-order valence-corrected chi connectivity index (χ0v) is 12.5. The molecule has 3 aliphatic rings. The number of rotatable bonds is 5. The number of likely N-dealkylation sites (tertiary alicyclic amines) is 1. The molecule has 0 spiro atoms. The number of Topliss-reactive ketones (excluding diaryl/α,β-unsaturated/α-hetero) is 1. The van der Waals surface area contributed by atoms with E-state index < -0.39 is 0 Å². The number of ketones is 1. The Morgan fingerprint density at radius 2 is 1.81 bits per heavy atom. The van der Waals surface area contributed by atoms with Gasteiger partial charge >= 0.3 is 5.97 Å². The Labute approximate surface area is 125 Å². The Morgan fingerprint density at radius 3 is 2.48 bits per heavy atom. The molecule has 1 amide bonds. The first-order valence-electron chi connectivity index (χ1n) is 8.04. The van der Waals surface area contributed by atoms with E-state index in [2.05, 4.69) is 0 Å². The largest absolute Gasteiger partial charge is 0.462 e. The fourth-order valence-corrected chi connectivity index (χ4v) is 3.84. The van der Waals surface area contributed by atoms with Crippen molar-refractivity contribution >= 4 is 17.7 Å². The van der Waals surface area contributed by atoms with Crippen molar-refractivity contribution in [2.45, 2.75) is 64.0 Å². The van der Waals surface area contributed by atoms with Gasteiger partial charge in [-0.2, -0.15) is 0 Å². The number of hydrogen-bond donors (Lipinski definition) is 0. The Kier molecular flexibility index (Phi) is 4.00. The number of carbonyl (C=O) groups is 3. The predicted molar refractivity (Wildman–Crippen MR) is 75.4 cm³/mol. The number of hydrogen-bond acceptors (Lipinski definition) is 4. The Hall–Kier alpha value is -1.39. The molecule has 0 aromatic rings. The van der Waals surface area contributed by atoms with Gasteiger partial charge in [-0.05, 0) is 50.9 Å². The summed E-state index contributed by atoms with van der Waals surface area (Å²) in [6.07, 6.45) is 5.28. The minimum atomic E-state index is -0.282. The van der Waals surface area contributed by atoms with Crippen LogP contribution in [-0.2, 0) is 19.1 Å². The molecule has 2 saturated carbocycles. The summed E-state index contributed by atoms with van der Waals surface area (Å²) in [6.45, 7) is 2.15. The summed E-state index contributed by atoms with van der Waals surface area (Å²) in [7, 11) is 0. The van der Waals surface area contributed by atoms with Crippen molar-refractivity contribution in [1.29, 1.82) is 0 Å². The van der Waals surface area contributed by atoms with Crippen LogP contribution in [0.3, 0.4) is 0 Å². The maximum Gasteiger partial charge on any atom is 0.306 e. The van der Waals surface area contributed by atoms with Crippen LogP contribution in [-0.4, -0.2) is 41.3 Å². The van der Waals surface area contributed by atoms with Crippen LogP contribution in [0, 0.1) is 11.8 Å². The first-order chi connectivity index (χ1) is 10.0. The molecule has 3 rings (SSSR count). The van der Waals surface area contributed by atoms with Crippen LogP contribution < -0.4 is 0 Å². The Bertz CT molecular complexity index is 451. The summed E-state index contributed by atoms with van der Waals surface area (Å²) < 4.78 is 5.42. The average molecular weight is 293 g/mol. The molecule has 1 heterocycles. The number of nitrogens with zero attached hydrogens (tertiary/aromatic N) is 1. The molecule has 5 heteroatoms. The average Bonchev–Trinajstić information content (AvgIpc) is 2.90. The van der Waals surface area contributed by atoms with Gasteiger partial charge in [-0.25, -0.2) is 0 Å². The van der Waals surface area contributed by atoms with E-state index in [1.54, 1.807) is 4.90 Å². The molecule has 21 heavy (non-hydrogen) atoms. The zero-order chi connectivity index (χ0) is 15.0. The minimum Gasteiger partial charge on any atom is -0.462 e. The van der Waals surface area contributed by atoms with Gasteiger partial charge in [0.15, 0.2) is 5.78 Å². The third-order valence-electron chi connectivity index (χ3n) is 5.08. The fourth-order valence-electron chi connectivity index (χ4n) is 3.84. The fraction of sp³-hybridized carbons (Fsp3) is 0.812. The number of ether oxygens (including phenoxy) is 1. The summed E-state index contributed by atoms with van der Waals surface area (Å²) in [5.41, 5.74) is 0. The molecule has 1 aliphatic heterocycles. The second-order valence-electron chi connectivity index (χ2n) is 6.69. The molecule has 116 valence electrons. The quantitative estimate of drug-likeness (QED) is 0.724. The molecule has 0 N–H and O–H groups in total. The molecule has 0 radical (unpaired) electrons. The van der Waals surface area contributed by atoms with Crippen LogP contribution in [0.5, 0.6) is 0 Å². The van der Waals surface area contributed by atoms with Crippen LogP contribution in [0.4, 0.5) is 0 Å². The van der Waals surface area contributed by atoms with E-state index in [-0.39, 0.29) is 42.6 Å². The Morgan fingerprint density at radius 1 is 1.10 bits per heavy atom. The zero-order valence-electron chi connectivity index (χ0n) is 12.5. The second kappa shape index (κ2) is 5.78. The number of carbonyl (C=O) groups excluding carboxylic acids is 3. The molecule has 3 fully saturated rings. The highest BCUT2D eigenvalue weighted by atomic mass is 16.5. The van der Waals surface area contributed by atoms with Crippen LogP contribution >= 0.6 is 0 Å². The second-order valence-corrected chi connectivity index (χ2v) is 6.69. The smallest absolute Gasteiger partial charge is 0.306 e. The van der Waals surface area contributed by atoms with Gasteiger partial charge in [0.25, 0.3) is 0 Å². The van der Waals surface area contributed by atoms with Gasteiger partial charge in [0, 0.05) is 13.0 Å². The maximum atomic E-state index is 12.1. The summed E-state index contributed by atoms with van der Waals surface area (Å²) in [6, 6.07) is -0.282. The van der Waals surface area contributed by atoms with Gasteiger partial charge in [-0.15, -0.1) is 0 Å². The van der Waals surface area contributed by atoms with E-state index >= 15 is 0 Å². The topological polar surface area (TPSA) is 63.7 Å². The van der Waals surface area contributed by atoms with E-state index in [1.807, 2.05) is 0 Å². The minimum absolute atomic E-state index is 0.0357. The number of esters is 1. The van der Waals surface area contributed by atoms with Crippen molar-refractivity contribution < 1.29 is 19.1 Å². The lowest BCUT2D eigenvalue weighted by atomic mass is 10.1. The monoisotopic (exact) mass is 293 g/mol. The lowest BCUT2D eigenvalue weighted by molar-refractivity contribution is -0.151. The lowest BCUT2D eigenvalue weighted by Gasteiger charge is -2.22. The highest BCUT2D eigenvalue weighted by molar-refractivity contribution is 5.89. The number of fused-ring (bicyclic) bond motifs is 1. The van der Waals surface area contributed by atoms with Crippen molar-refractivity contribution in [3.63, 3.8) is 0 Å². The van der Waals surface area contributed by atoms with Gasteiger partial charge in [0.1, 0.15) is 6.10 Å². The molecule has 2 aliphatic carbocycles. The summed E-state index contributed by atoms with van der Waals surface area (Å²) >= 11 is 0. The molecule has 1 saturated heterocycles. The van der Waals surface area contributed by atoms with Crippen LogP contribution in [0.2, 0.25) is 0 Å². The molecule has 5 nitrogen and oxygen atoms in total. The van der Waals surface area contributed by atoms with Crippen molar-refractivity contribution in [2.24, 2.45) is 11.8 Å². The molecular weight excluding hydrogens is 270 g/mol.